The van der Waals surface area contributed by atoms with E-state index in [2.05, 4.69) is 46.1 Å². The first-order chi connectivity index (χ1) is 14.3. The van der Waals surface area contributed by atoms with Gasteiger partial charge in [0.15, 0.2) is 5.82 Å². The van der Waals surface area contributed by atoms with Crippen LogP contribution in [0.3, 0.4) is 0 Å². The highest BCUT2D eigenvalue weighted by atomic mass is 15.1. The van der Waals surface area contributed by atoms with E-state index in [9.17, 15) is 0 Å². The summed E-state index contributed by atoms with van der Waals surface area (Å²) in [7, 11) is 0. The fourth-order valence-electron chi connectivity index (χ4n) is 4.62. The zero-order chi connectivity index (χ0) is 20.2. The van der Waals surface area contributed by atoms with Crippen LogP contribution >= 0.6 is 0 Å². The third kappa shape index (κ3) is 7.89. The molecule has 1 aliphatic rings. The van der Waals surface area contributed by atoms with Crippen LogP contribution < -0.4 is 0 Å². The summed E-state index contributed by atoms with van der Waals surface area (Å²) in [6.45, 7) is 5.96. The van der Waals surface area contributed by atoms with Crippen LogP contribution in [0.15, 0.2) is 42.7 Å². The minimum Gasteiger partial charge on any atom is -0.304 e. The maximum atomic E-state index is 4.33. The molecule has 0 spiro atoms. The molecular weight excluding hydrogens is 354 g/mol. The molecule has 1 aromatic heterocycles. The van der Waals surface area contributed by atoms with E-state index in [1.54, 1.807) is 12.4 Å². The molecule has 29 heavy (non-hydrogen) atoms. The number of nitrogens with zero attached hydrogens (tertiary/aromatic N) is 3. The van der Waals surface area contributed by atoms with Gasteiger partial charge in [0, 0.05) is 18.0 Å². The minimum atomic E-state index is 0.805. The molecule has 1 heterocycles. The third-order valence-electron chi connectivity index (χ3n) is 6.48. The zero-order valence-corrected chi connectivity index (χ0v) is 18.4. The van der Waals surface area contributed by atoms with Crippen molar-refractivity contribution in [3.63, 3.8) is 0 Å². The van der Waals surface area contributed by atoms with Gasteiger partial charge in [-0.1, -0.05) is 82.6 Å². The monoisotopic (exact) mass is 393 g/mol. The molecule has 0 radical (unpaired) electrons. The predicted molar refractivity (Wildman–Crippen MR) is 123 cm³/mol. The summed E-state index contributed by atoms with van der Waals surface area (Å²) in [6, 6.07) is 10.6. The second-order valence-electron chi connectivity index (χ2n) is 8.66. The van der Waals surface area contributed by atoms with E-state index in [4.69, 9.17) is 0 Å². The summed E-state index contributed by atoms with van der Waals surface area (Å²) in [5, 5.41) is 0. The predicted octanol–water partition coefficient (Wildman–Crippen LogP) is 6.54. The second kappa shape index (κ2) is 12.7. The summed E-state index contributed by atoms with van der Waals surface area (Å²) in [6.07, 6.45) is 19.1. The SMILES string of the molecule is CCN(CCCCCC1CCCCC1)CCCc1ccc(-c2ncccn2)cc1. The van der Waals surface area contributed by atoms with Gasteiger partial charge in [-0.3, -0.25) is 0 Å². The molecule has 0 amide bonds. The molecule has 0 aliphatic heterocycles. The normalized spacial score (nSPS) is 15.1. The van der Waals surface area contributed by atoms with Crippen molar-refractivity contribution in [3.8, 4) is 11.4 Å². The summed E-state index contributed by atoms with van der Waals surface area (Å²) in [4.78, 5) is 11.3. The molecular formula is C26H39N3. The van der Waals surface area contributed by atoms with E-state index in [0.717, 1.165) is 23.7 Å². The van der Waals surface area contributed by atoms with Crippen molar-refractivity contribution < 1.29 is 0 Å². The molecule has 0 N–H and O–H groups in total. The molecule has 3 heteroatoms. The number of aryl methyl sites for hydroxylation is 1. The maximum absolute atomic E-state index is 4.33. The van der Waals surface area contributed by atoms with Crippen LogP contribution in [0.4, 0.5) is 0 Å². The van der Waals surface area contributed by atoms with Crippen molar-refractivity contribution in [2.24, 2.45) is 5.92 Å². The van der Waals surface area contributed by atoms with Crippen molar-refractivity contribution in [2.45, 2.75) is 77.6 Å². The Balaban J connectivity index is 1.29. The number of rotatable bonds is 12. The lowest BCUT2D eigenvalue weighted by Crippen LogP contribution is -2.26. The number of unbranched alkanes of at least 4 members (excludes halogenated alkanes) is 2. The fraction of sp³-hybridized carbons (Fsp3) is 0.615. The van der Waals surface area contributed by atoms with Gasteiger partial charge in [0.05, 0.1) is 0 Å². The van der Waals surface area contributed by atoms with Gasteiger partial charge in [-0.05, 0) is 56.4 Å². The minimum absolute atomic E-state index is 0.805. The Morgan fingerprint density at radius 1 is 0.862 bits per heavy atom. The van der Waals surface area contributed by atoms with Gasteiger partial charge in [-0.2, -0.15) is 0 Å². The standard InChI is InChI=1S/C26H39N3/c1-2-29(21-8-4-7-13-23-11-5-3-6-12-23)22-9-14-24-15-17-25(18-16-24)26-27-19-10-20-28-26/h10,15-20,23H,2-9,11-14,21-22H2,1H3. The Morgan fingerprint density at radius 3 is 2.31 bits per heavy atom. The molecule has 3 nitrogen and oxygen atoms in total. The lowest BCUT2D eigenvalue weighted by Gasteiger charge is -2.22. The van der Waals surface area contributed by atoms with Crippen LogP contribution in [0, 0.1) is 5.92 Å². The topological polar surface area (TPSA) is 29.0 Å². The molecule has 0 atom stereocenters. The second-order valence-corrected chi connectivity index (χ2v) is 8.66. The van der Waals surface area contributed by atoms with Gasteiger partial charge in [-0.15, -0.1) is 0 Å². The van der Waals surface area contributed by atoms with Crippen molar-refractivity contribution in [3.05, 3.63) is 48.3 Å². The van der Waals surface area contributed by atoms with Gasteiger partial charge in [0.25, 0.3) is 0 Å². The van der Waals surface area contributed by atoms with Gasteiger partial charge in [0.1, 0.15) is 0 Å². The Bertz CT molecular complexity index is 662. The van der Waals surface area contributed by atoms with E-state index < -0.39 is 0 Å². The largest absolute Gasteiger partial charge is 0.304 e. The van der Waals surface area contributed by atoms with Gasteiger partial charge in [-0.25, -0.2) is 9.97 Å². The van der Waals surface area contributed by atoms with E-state index in [1.165, 1.54) is 89.4 Å². The summed E-state index contributed by atoms with van der Waals surface area (Å²) in [5.74, 6) is 1.85. The van der Waals surface area contributed by atoms with Crippen LogP contribution in [0.2, 0.25) is 0 Å². The van der Waals surface area contributed by atoms with E-state index in [1.807, 2.05) is 6.07 Å². The smallest absolute Gasteiger partial charge is 0.159 e. The van der Waals surface area contributed by atoms with E-state index in [-0.39, 0.29) is 0 Å². The van der Waals surface area contributed by atoms with Crippen molar-refractivity contribution in [2.75, 3.05) is 19.6 Å². The highest BCUT2D eigenvalue weighted by molar-refractivity contribution is 5.54. The number of hydrogen-bond acceptors (Lipinski definition) is 3. The van der Waals surface area contributed by atoms with Gasteiger partial charge < -0.3 is 4.90 Å². The lowest BCUT2D eigenvalue weighted by molar-refractivity contribution is 0.272. The zero-order valence-electron chi connectivity index (χ0n) is 18.4. The molecule has 1 saturated carbocycles. The van der Waals surface area contributed by atoms with Gasteiger partial charge >= 0.3 is 0 Å². The van der Waals surface area contributed by atoms with Crippen molar-refractivity contribution >= 4 is 0 Å². The Morgan fingerprint density at radius 2 is 1.59 bits per heavy atom. The Labute approximate surface area is 178 Å². The van der Waals surface area contributed by atoms with E-state index in [0.29, 0.717) is 0 Å². The first-order valence-electron chi connectivity index (χ1n) is 11.9. The first kappa shape index (κ1) is 22.0. The highest BCUT2D eigenvalue weighted by Crippen LogP contribution is 2.27. The van der Waals surface area contributed by atoms with Crippen molar-refractivity contribution in [1.82, 2.24) is 14.9 Å². The third-order valence-corrected chi connectivity index (χ3v) is 6.48. The van der Waals surface area contributed by atoms with Crippen LogP contribution in [0.1, 0.15) is 76.7 Å². The molecule has 2 aromatic rings. The Kier molecular flexibility index (Phi) is 9.65. The first-order valence-corrected chi connectivity index (χ1v) is 11.9. The van der Waals surface area contributed by atoms with Crippen LogP contribution in [0.25, 0.3) is 11.4 Å². The van der Waals surface area contributed by atoms with Crippen molar-refractivity contribution in [1.29, 1.82) is 0 Å². The molecule has 0 saturated heterocycles. The average Bonchev–Trinajstić information content (AvgIpc) is 2.79. The summed E-state index contributed by atoms with van der Waals surface area (Å²) < 4.78 is 0. The highest BCUT2D eigenvalue weighted by Gasteiger charge is 2.12. The molecule has 0 unspecified atom stereocenters. The number of aromatic nitrogens is 2. The molecule has 158 valence electrons. The molecule has 1 aliphatic carbocycles. The van der Waals surface area contributed by atoms with Crippen LogP contribution in [-0.4, -0.2) is 34.5 Å². The van der Waals surface area contributed by atoms with E-state index >= 15 is 0 Å². The summed E-state index contributed by atoms with van der Waals surface area (Å²) >= 11 is 0. The molecule has 3 rings (SSSR count). The summed E-state index contributed by atoms with van der Waals surface area (Å²) in [5.41, 5.74) is 2.51. The van der Waals surface area contributed by atoms with Crippen LogP contribution in [0.5, 0.6) is 0 Å². The lowest BCUT2D eigenvalue weighted by atomic mass is 9.85. The number of benzene rings is 1. The molecule has 1 fully saturated rings. The maximum Gasteiger partial charge on any atom is 0.159 e. The molecule has 1 aromatic carbocycles. The fourth-order valence-corrected chi connectivity index (χ4v) is 4.62. The Hall–Kier alpha value is -1.74. The van der Waals surface area contributed by atoms with Crippen LogP contribution in [-0.2, 0) is 6.42 Å². The molecule has 0 bridgehead atoms. The average molecular weight is 394 g/mol. The quantitative estimate of drug-likeness (QED) is 0.383. The number of hydrogen-bond donors (Lipinski definition) is 0. The van der Waals surface area contributed by atoms with Gasteiger partial charge in [0.2, 0.25) is 0 Å².